The summed E-state index contributed by atoms with van der Waals surface area (Å²) in [7, 11) is 0. The SMILES string of the molecule is CC1(C(=O)Nc2ccc(N3CCCCC3)nc2)CCCCN1.Cl.Cl. The summed E-state index contributed by atoms with van der Waals surface area (Å²) < 4.78 is 0. The number of piperidine rings is 2. The first-order valence-electron chi connectivity index (χ1n) is 8.45. The smallest absolute Gasteiger partial charge is 0.244 e. The third kappa shape index (κ3) is 4.98. The Morgan fingerprint density at radius 1 is 1.17 bits per heavy atom. The molecule has 2 aliphatic heterocycles. The number of halogens is 2. The summed E-state index contributed by atoms with van der Waals surface area (Å²) in [4.78, 5) is 19.3. The molecule has 5 nitrogen and oxygen atoms in total. The quantitative estimate of drug-likeness (QED) is 0.851. The number of nitrogens with zero attached hydrogens (tertiary/aromatic N) is 2. The predicted molar refractivity (Wildman–Crippen MR) is 104 cm³/mol. The normalized spacial score (nSPS) is 23.6. The zero-order valence-electron chi connectivity index (χ0n) is 14.2. The number of amides is 1. The first-order chi connectivity index (χ1) is 10.7. The van der Waals surface area contributed by atoms with E-state index < -0.39 is 5.54 Å². The van der Waals surface area contributed by atoms with Crippen molar-refractivity contribution in [2.75, 3.05) is 29.9 Å². The lowest BCUT2D eigenvalue weighted by molar-refractivity contribution is -0.122. The number of carbonyl (C=O) groups is 1. The Bertz CT molecular complexity index is 512. The summed E-state index contributed by atoms with van der Waals surface area (Å²) in [5.74, 6) is 1.06. The van der Waals surface area contributed by atoms with Crippen LogP contribution in [0.3, 0.4) is 0 Å². The first-order valence-corrected chi connectivity index (χ1v) is 8.45. The highest BCUT2D eigenvalue weighted by molar-refractivity contribution is 5.97. The van der Waals surface area contributed by atoms with Gasteiger partial charge in [0.15, 0.2) is 0 Å². The van der Waals surface area contributed by atoms with Crippen LogP contribution >= 0.6 is 24.8 Å². The van der Waals surface area contributed by atoms with Crippen molar-refractivity contribution in [3.63, 3.8) is 0 Å². The average Bonchev–Trinajstić information content (AvgIpc) is 2.57. The van der Waals surface area contributed by atoms with Crippen molar-refractivity contribution in [3.05, 3.63) is 18.3 Å². The molecule has 1 aromatic rings. The van der Waals surface area contributed by atoms with Gasteiger partial charge in [-0.2, -0.15) is 0 Å². The zero-order chi connectivity index (χ0) is 15.4. The van der Waals surface area contributed by atoms with Gasteiger partial charge in [-0.15, -0.1) is 24.8 Å². The second-order valence-electron chi connectivity index (χ2n) is 6.62. The van der Waals surface area contributed by atoms with Crippen molar-refractivity contribution >= 4 is 42.2 Å². The van der Waals surface area contributed by atoms with Gasteiger partial charge in [0.05, 0.1) is 17.4 Å². The minimum atomic E-state index is -0.455. The van der Waals surface area contributed by atoms with E-state index in [0.717, 1.165) is 50.4 Å². The molecule has 24 heavy (non-hydrogen) atoms. The van der Waals surface area contributed by atoms with Gasteiger partial charge in [0.2, 0.25) is 5.91 Å². The molecule has 2 fully saturated rings. The number of aromatic nitrogens is 1. The molecule has 1 unspecified atom stereocenters. The third-order valence-electron chi connectivity index (χ3n) is 4.81. The maximum absolute atomic E-state index is 12.5. The Hall–Kier alpha value is -1.04. The highest BCUT2D eigenvalue weighted by atomic mass is 35.5. The van der Waals surface area contributed by atoms with Crippen LogP contribution in [0.25, 0.3) is 0 Å². The number of hydrogen-bond donors (Lipinski definition) is 2. The molecular formula is C17H28Cl2N4O. The van der Waals surface area contributed by atoms with Crippen LogP contribution in [0.15, 0.2) is 18.3 Å². The molecular weight excluding hydrogens is 347 g/mol. The highest BCUT2D eigenvalue weighted by Gasteiger charge is 2.34. The number of rotatable bonds is 3. The van der Waals surface area contributed by atoms with E-state index in [9.17, 15) is 4.79 Å². The standard InChI is InChI=1S/C17H26N4O.2ClH/c1-17(9-3-4-10-19-17)16(22)20-14-7-8-15(18-13-14)21-11-5-2-6-12-21;;/h7-8,13,19H,2-6,9-12H2,1H3,(H,20,22);2*1H. The van der Waals surface area contributed by atoms with Crippen LogP contribution in [0, 0.1) is 0 Å². The summed E-state index contributed by atoms with van der Waals surface area (Å²) in [6.07, 6.45) is 8.70. The van der Waals surface area contributed by atoms with Crippen molar-refractivity contribution in [2.45, 2.75) is 51.0 Å². The van der Waals surface area contributed by atoms with Crippen LogP contribution in [-0.4, -0.2) is 36.1 Å². The van der Waals surface area contributed by atoms with Crippen molar-refractivity contribution in [1.29, 1.82) is 0 Å². The molecule has 3 rings (SSSR count). The molecule has 2 N–H and O–H groups in total. The van der Waals surface area contributed by atoms with Gasteiger partial charge >= 0.3 is 0 Å². The monoisotopic (exact) mass is 374 g/mol. The van der Waals surface area contributed by atoms with Gasteiger partial charge in [0.1, 0.15) is 5.82 Å². The molecule has 2 aliphatic rings. The van der Waals surface area contributed by atoms with Gasteiger partial charge in [-0.25, -0.2) is 4.98 Å². The van der Waals surface area contributed by atoms with E-state index >= 15 is 0 Å². The lowest BCUT2D eigenvalue weighted by Crippen LogP contribution is -2.54. The predicted octanol–water partition coefficient (Wildman–Crippen LogP) is 3.39. The van der Waals surface area contributed by atoms with Gasteiger partial charge in [0.25, 0.3) is 0 Å². The third-order valence-corrected chi connectivity index (χ3v) is 4.81. The Morgan fingerprint density at radius 2 is 1.92 bits per heavy atom. The molecule has 3 heterocycles. The maximum Gasteiger partial charge on any atom is 0.244 e. The fourth-order valence-corrected chi connectivity index (χ4v) is 3.29. The molecule has 0 bridgehead atoms. The first kappa shape index (κ1) is 21.0. The van der Waals surface area contributed by atoms with Crippen LogP contribution < -0.4 is 15.5 Å². The second kappa shape index (κ2) is 9.44. The van der Waals surface area contributed by atoms with Gasteiger partial charge in [-0.3, -0.25) is 4.79 Å². The number of anilines is 2. The molecule has 2 saturated heterocycles. The Morgan fingerprint density at radius 3 is 2.50 bits per heavy atom. The number of carbonyl (C=O) groups excluding carboxylic acids is 1. The van der Waals surface area contributed by atoms with Crippen molar-refractivity contribution in [2.24, 2.45) is 0 Å². The molecule has 0 spiro atoms. The minimum absolute atomic E-state index is 0. The fraction of sp³-hybridized carbons (Fsp3) is 0.647. The number of pyridine rings is 1. The van der Waals surface area contributed by atoms with Crippen molar-refractivity contribution in [1.82, 2.24) is 10.3 Å². The number of hydrogen-bond acceptors (Lipinski definition) is 4. The summed E-state index contributed by atoms with van der Waals surface area (Å²) in [5.41, 5.74) is 0.323. The van der Waals surface area contributed by atoms with Crippen LogP contribution in [0.4, 0.5) is 11.5 Å². The fourth-order valence-electron chi connectivity index (χ4n) is 3.29. The lowest BCUT2D eigenvalue weighted by Gasteiger charge is -2.33. The van der Waals surface area contributed by atoms with E-state index in [1.807, 2.05) is 19.1 Å². The topological polar surface area (TPSA) is 57.3 Å². The van der Waals surface area contributed by atoms with E-state index in [1.165, 1.54) is 19.3 Å². The number of nitrogens with one attached hydrogen (secondary N) is 2. The Labute approximate surface area is 156 Å². The minimum Gasteiger partial charge on any atom is -0.357 e. The van der Waals surface area contributed by atoms with E-state index in [1.54, 1.807) is 6.20 Å². The molecule has 1 amide bonds. The van der Waals surface area contributed by atoms with E-state index in [-0.39, 0.29) is 30.7 Å². The van der Waals surface area contributed by atoms with Gasteiger partial charge in [0, 0.05) is 13.1 Å². The highest BCUT2D eigenvalue weighted by Crippen LogP contribution is 2.22. The summed E-state index contributed by atoms with van der Waals surface area (Å²) in [6, 6.07) is 3.97. The van der Waals surface area contributed by atoms with Crippen LogP contribution in [0.1, 0.15) is 45.4 Å². The summed E-state index contributed by atoms with van der Waals surface area (Å²) in [5, 5.41) is 6.34. The van der Waals surface area contributed by atoms with Crippen molar-refractivity contribution in [3.8, 4) is 0 Å². The Kier molecular flexibility index (Phi) is 8.27. The molecule has 0 aromatic carbocycles. The molecule has 0 radical (unpaired) electrons. The maximum atomic E-state index is 12.5. The van der Waals surface area contributed by atoms with Gasteiger partial charge in [-0.05, 0) is 64.1 Å². The molecule has 1 atom stereocenters. The van der Waals surface area contributed by atoms with Crippen molar-refractivity contribution < 1.29 is 4.79 Å². The average molecular weight is 375 g/mol. The van der Waals surface area contributed by atoms with Gasteiger partial charge in [-0.1, -0.05) is 0 Å². The van der Waals surface area contributed by atoms with Crippen LogP contribution in [-0.2, 0) is 4.79 Å². The van der Waals surface area contributed by atoms with E-state index in [0.29, 0.717) is 0 Å². The van der Waals surface area contributed by atoms with Crippen LogP contribution in [0.5, 0.6) is 0 Å². The van der Waals surface area contributed by atoms with E-state index in [4.69, 9.17) is 0 Å². The molecule has 136 valence electrons. The zero-order valence-corrected chi connectivity index (χ0v) is 15.8. The molecule has 7 heteroatoms. The molecule has 0 saturated carbocycles. The molecule has 0 aliphatic carbocycles. The summed E-state index contributed by atoms with van der Waals surface area (Å²) in [6.45, 7) is 5.06. The molecule has 1 aromatic heterocycles. The van der Waals surface area contributed by atoms with Crippen LogP contribution in [0.2, 0.25) is 0 Å². The second-order valence-corrected chi connectivity index (χ2v) is 6.62. The van der Waals surface area contributed by atoms with E-state index in [2.05, 4.69) is 20.5 Å². The lowest BCUT2D eigenvalue weighted by atomic mass is 9.90. The largest absolute Gasteiger partial charge is 0.357 e. The Balaban J connectivity index is 0.00000144. The summed E-state index contributed by atoms with van der Waals surface area (Å²) >= 11 is 0. The van der Waals surface area contributed by atoms with Gasteiger partial charge < -0.3 is 15.5 Å².